The lowest BCUT2D eigenvalue weighted by Gasteiger charge is -2.18. The van der Waals surface area contributed by atoms with Crippen LogP contribution in [-0.2, 0) is 4.74 Å². The van der Waals surface area contributed by atoms with Crippen molar-refractivity contribution in [2.75, 3.05) is 0 Å². The quantitative estimate of drug-likeness (QED) is 0.769. The smallest absolute Gasteiger partial charge is 0.105 e. The summed E-state index contributed by atoms with van der Waals surface area (Å²) in [5.74, 6) is 0. The SMILES string of the molecule is C[C@@H]1O[C@@H]([C@@H](O)c2ccccc2)C[C@H]1O. The van der Waals surface area contributed by atoms with Gasteiger partial charge in [0.1, 0.15) is 6.10 Å². The molecule has 2 rings (SSSR count). The van der Waals surface area contributed by atoms with Gasteiger partial charge in [0.05, 0.1) is 18.3 Å². The predicted molar refractivity (Wildman–Crippen MR) is 56.4 cm³/mol. The second-order valence-electron chi connectivity index (χ2n) is 4.04. The van der Waals surface area contributed by atoms with Gasteiger partial charge in [-0.25, -0.2) is 0 Å². The number of aliphatic hydroxyl groups excluding tert-OH is 2. The van der Waals surface area contributed by atoms with Gasteiger partial charge in [-0.2, -0.15) is 0 Å². The molecule has 3 heteroatoms. The molecule has 82 valence electrons. The average Bonchev–Trinajstić information content (AvgIpc) is 2.59. The summed E-state index contributed by atoms with van der Waals surface area (Å²) in [5.41, 5.74) is 0.837. The standard InChI is InChI=1S/C12H16O3/c1-8-10(13)7-11(15-8)12(14)9-5-3-2-4-6-9/h2-6,8,10-14H,7H2,1H3/t8-,10+,11+,12-/m0/s1. The molecule has 1 aromatic rings. The third-order valence-electron chi connectivity index (χ3n) is 2.90. The van der Waals surface area contributed by atoms with Crippen LogP contribution in [0.15, 0.2) is 30.3 Å². The first-order valence-electron chi connectivity index (χ1n) is 5.25. The Bertz CT molecular complexity index is 302. The number of hydrogen-bond acceptors (Lipinski definition) is 3. The zero-order valence-electron chi connectivity index (χ0n) is 8.71. The summed E-state index contributed by atoms with van der Waals surface area (Å²) >= 11 is 0. The maximum Gasteiger partial charge on any atom is 0.105 e. The molecule has 0 bridgehead atoms. The van der Waals surface area contributed by atoms with Crippen molar-refractivity contribution < 1.29 is 14.9 Å². The van der Waals surface area contributed by atoms with Crippen molar-refractivity contribution in [2.45, 2.75) is 37.8 Å². The van der Waals surface area contributed by atoms with Crippen LogP contribution in [0, 0.1) is 0 Å². The van der Waals surface area contributed by atoms with Crippen LogP contribution in [0.3, 0.4) is 0 Å². The fourth-order valence-electron chi connectivity index (χ4n) is 1.92. The molecular weight excluding hydrogens is 192 g/mol. The molecule has 1 fully saturated rings. The molecule has 1 aliphatic heterocycles. The van der Waals surface area contributed by atoms with E-state index in [1.165, 1.54) is 0 Å². The van der Waals surface area contributed by atoms with Crippen molar-refractivity contribution in [3.63, 3.8) is 0 Å². The summed E-state index contributed by atoms with van der Waals surface area (Å²) in [7, 11) is 0. The van der Waals surface area contributed by atoms with Crippen LogP contribution in [0.2, 0.25) is 0 Å². The molecule has 0 radical (unpaired) electrons. The fourth-order valence-corrected chi connectivity index (χ4v) is 1.92. The summed E-state index contributed by atoms with van der Waals surface area (Å²) in [4.78, 5) is 0. The summed E-state index contributed by atoms with van der Waals surface area (Å²) in [6.07, 6.45) is -1.10. The minimum absolute atomic E-state index is 0.187. The van der Waals surface area contributed by atoms with Crippen LogP contribution in [0.1, 0.15) is 25.0 Å². The molecule has 0 spiro atoms. The van der Waals surface area contributed by atoms with Gasteiger partial charge in [-0.1, -0.05) is 30.3 Å². The van der Waals surface area contributed by atoms with Crippen molar-refractivity contribution in [3.8, 4) is 0 Å². The van der Waals surface area contributed by atoms with E-state index in [-0.39, 0.29) is 12.2 Å². The number of rotatable bonds is 2. The van der Waals surface area contributed by atoms with Crippen LogP contribution in [0.4, 0.5) is 0 Å². The third kappa shape index (κ3) is 2.20. The molecule has 1 aromatic carbocycles. The van der Waals surface area contributed by atoms with E-state index < -0.39 is 12.2 Å². The molecule has 0 amide bonds. The maximum atomic E-state index is 10.0. The Morgan fingerprint density at radius 3 is 2.53 bits per heavy atom. The van der Waals surface area contributed by atoms with Gasteiger partial charge in [-0.05, 0) is 12.5 Å². The Morgan fingerprint density at radius 2 is 2.00 bits per heavy atom. The fraction of sp³-hybridized carbons (Fsp3) is 0.500. The number of benzene rings is 1. The molecule has 3 nitrogen and oxygen atoms in total. The lowest BCUT2D eigenvalue weighted by atomic mass is 10.0. The van der Waals surface area contributed by atoms with Crippen LogP contribution in [0.5, 0.6) is 0 Å². The Balaban J connectivity index is 2.07. The van der Waals surface area contributed by atoms with Crippen molar-refractivity contribution in [1.29, 1.82) is 0 Å². The molecule has 15 heavy (non-hydrogen) atoms. The summed E-state index contributed by atoms with van der Waals surface area (Å²) in [5, 5.41) is 19.5. The predicted octanol–water partition coefficient (Wildman–Crippen LogP) is 1.26. The molecule has 4 atom stereocenters. The van der Waals surface area contributed by atoms with E-state index in [0.717, 1.165) is 5.56 Å². The maximum absolute atomic E-state index is 10.0. The van der Waals surface area contributed by atoms with Crippen molar-refractivity contribution >= 4 is 0 Å². The topological polar surface area (TPSA) is 49.7 Å². The Labute approximate surface area is 89.3 Å². The van der Waals surface area contributed by atoms with Gasteiger partial charge in [0.15, 0.2) is 0 Å². The first-order valence-corrected chi connectivity index (χ1v) is 5.25. The minimum atomic E-state index is -0.647. The van der Waals surface area contributed by atoms with Crippen LogP contribution in [-0.4, -0.2) is 28.5 Å². The highest BCUT2D eigenvalue weighted by Gasteiger charge is 2.35. The monoisotopic (exact) mass is 208 g/mol. The van der Waals surface area contributed by atoms with E-state index in [1.807, 2.05) is 37.3 Å². The normalized spacial score (nSPS) is 32.9. The second-order valence-corrected chi connectivity index (χ2v) is 4.04. The first kappa shape index (κ1) is 10.6. The molecule has 0 aromatic heterocycles. The molecule has 0 aliphatic carbocycles. The van der Waals surface area contributed by atoms with Crippen LogP contribution in [0.25, 0.3) is 0 Å². The summed E-state index contributed by atoms with van der Waals surface area (Å²) in [6, 6.07) is 9.40. The van der Waals surface area contributed by atoms with Gasteiger partial charge in [0.25, 0.3) is 0 Å². The third-order valence-corrected chi connectivity index (χ3v) is 2.90. The van der Waals surface area contributed by atoms with E-state index in [9.17, 15) is 10.2 Å². The molecule has 0 saturated carbocycles. The van der Waals surface area contributed by atoms with Gasteiger partial charge in [0.2, 0.25) is 0 Å². The van der Waals surface area contributed by atoms with E-state index >= 15 is 0 Å². The van der Waals surface area contributed by atoms with Crippen molar-refractivity contribution in [2.24, 2.45) is 0 Å². The Hall–Kier alpha value is -0.900. The highest BCUT2D eigenvalue weighted by molar-refractivity contribution is 5.18. The Morgan fingerprint density at radius 1 is 1.33 bits per heavy atom. The molecule has 1 aliphatic rings. The summed E-state index contributed by atoms with van der Waals surface area (Å²) < 4.78 is 5.49. The van der Waals surface area contributed by atoms with E-state index in [0.29, 0.717) is 6.42 Å². The molecular formula is C12H16O3. The highest BCUT2D eigenvalue weighted by atomic mass is 16.5. The number of aliphatic hydroxyl groups is 2. The zero-order chi connectivity index (χ0) is 10.8. The molecule has 1 heterocycles. The minimum Gasteiger partial charge on any atom is -0.390 e. The first-order chi connectivity index (χ1) is 7.18. The van der Waals surface area contributed by atoms with E-state index in [1.54, 1.807) is 0 Å². The van der Waals surface area contributed by atoms with Crippen LogP contribution >= 0.6 is 0 Å². The second kappa shape index (κ2) is 4.31. The van der Waals surface area contributed by atoms with Gasteiger partial charge in [0, 0.05) is 6.42 Å². The van der Waals surface area contributed by atoms with Gasteiger partial charge < -0.3 is 14.9 Å². The number of hydrogen-bond donors (Lipinski definition) is 2. The lowest BCUT2D eigenvalue weighted by Crippen LogP contribution is -2.18. The van der Waals surface area contributed by atoms with Gasteiger partial charge >= 0.3 is 0 Å². The van der Waals surface area contributed by atoms with Crippen molar-refractivity contribution in [3.05, 3.63) is 35.9 Å². The summed E-state index contributed by atoms with van der Waals surface area (Å²) in [6.45, 7) is 1.82. The average molecular weight is 208 g/mol. The highest BCUT2D eigenvalue weighted by Crippen LogP contribution is 2.29. The molecule has 2 N–H and O–H groups in total. The molecule has 1 saturated heterocycles. The molecule has 0 unspecified atom stereocenters. The number of ether oxygens (including phenoxy) is 1. The Kier molecular flexibility index (Phi) is 3.05. The van der Waals surface area contributed by atoms with Crippen molar-refractivity contribution in [1.82, 2.24) is 0 Å². The van der Waals surface area contributed by atoms with E-state index in [4.69, 9.17) is 4.74 Å². The van der Waals surface area contributed by atoms with Gasteiger partial charge in [-0.3, -0.25) is 0 Å². The van der Waals surface area contributed by atoms with E-state index in [2.05, 4.69) is 0 Å². The largest absolute Gasteiger partial charge is 0.390 e. The zero-order valence-corrected chi connectivity index (χ0v) is 8.71. The van der Waals surface area contributed by atoms with Gasteiger partial charge in [-0.15, -0.1) is 0 Å². The lowest BCUT2D eigenvalue weighted by molar-refractivity contribution is -0.0379. The van der Waals surface area contributed by atoms with Crippen LogP contribution < -0.4 is 0 Å².